The van der Waals surface area contributed by atoms with E-state index in [0.29, 0.717) is 5.70 Å². The Morgan fingerprint density at radius 3 is 1.54 bits per heavy atom. The van der Waals surface area contributed by atoms with Crippen molar-refractivity contribution in [1.29, 1.82) is 0 Å². The quantitative estimate of drug-likeness (QED) is 0.116. The Morgan fingerprint density at radius 1 is 0.411 bits per heavy atom. The van der Waals surface area contributed by atoms with E-state index in [0.717, 1.165) is 74.2 Å². The molecule has 0 spiro atoms. The van der Waals surface area contributed by atoms with Crippen molar-refractivity contribution in [2.75, 3.05) is 0 Å². The molecule has 0 atom stereocenters. The molecule has 0 saturated carbocycles. The van der Waals surface area contributed by atoms with E-state index in [1.54, 1.807) is 0 Å². The summed E-state index contributed by atoms with van der Waals surface area (Å²) in [6.07, 6.45) is 14.0. The molecule has 0 unspecified atom stereocenters. The van der Waals surface area contributed by atoms with Crippen molar-refractivity contribution in [3.05, 3.63) is 252 Å². The average molecular weight is 723 g/mol. The Labute approximate surface area is 331 Å². The van der Waals surface area contributed by atoms with Crippen molar-refractivity contribution >= 4 is 45.5 Å². The molecule has 56 heavy (non-hydrogen) atoms. The topological polar surface area (TPSA) is 52.0 Å². The number of hydrogen-bond acceptors (Lipinski definition) is 2. The van der Waals surface area contributed by atoms with Crippen LogP contribution >= 0.6 is 0 Å². The maximum atomic E-state index is 6.86. The molecule has 0 radical (unpaired) electrons. The van der Waals surface area contributed by atoms with Crippen LogP contribution in [-0.4, -0.2) is 0 Å². The van der Waals surface area contributed by atoms with E-state index in [1.807, 2.05) is 48.6 Å². The SMILES string of the molecule is C=Cc1ccc(C(/C=C(\N)c2ccc(-c3ccc(C(/C=C(\N)c4ccccc4)=C/Cc4ccccc4)cc3)cc2)=C/Cc2ccc3ccccc3c2)cc1C=C. The lowest BCUT2D eigenvalue weighted by molar-refractivity contribution is 1.27. The fourth-order valence-electron chi connectivity index (χ4n) is 6.92. The molecule has 0 saturated heterocycles. The zero-order valence-corrected chi connectivity index (χ0v) is 31.6. The van der Waals surface area contributed by atoms with Crippen LogP contribution in [0.5, 0.6) is 0 Å². The van der Waals surface area contributed by atoms with Gasteiger partial charge in [-0.05, 0) is 109 Å². The van der Waals surface area contributed by atoms with Crippen molar-refractivity contribution in [1.82, 2.24) is 0 Å². The molecule has 0 aliphatic rings. The van der Waals surface area contributed by atoms with Crippen LogP contribution in [-0.2, 0) is 12.8 Å². The van der Waals surface area contributed by atoms with Crippen LogP contribution < -0.4 is 11.5 Å². The number of hydrogen-bond donors (Lipinski definition) is 2. The van der Waals surface area contributed by atoms with Crippen molar-refractivity contribution < 1.29 is 0 Å². The van der Waals surface area contributed by atoms with Gasteiger partial charge in [-0.2, -0.15) is 0 Å². The third-order valence-corrected chi connectivity index (χ3v) is 10.1. The minimum absolute atomic E-state index is 0.695. The van der Waals surface area contributed by atoms with Crippen molar-refractivity contribution in [3.63, 3.8) is 0 Å². The molecular formula is C54H46N2. The summed E-state index contributed by atoms with van der Waals surface area (Å²) in [6, 6.07) is 59.2. The van der Waals surface area contributed by atoms with Gasteiger partial charge in [-0.25, -0.2) is 0 Å². The predicted molar refractivity (Wildman–Crippen MR) is 243 cm³/mol. The maximum Gasteiger partial charge on any atom is 0.0393 e. The first-order valence-corrected chi connectivity index (χ1v) is 19.0. The third-order valence-electron chi connectivity index (χ3n) is 10.1. The van der Waals surface area contributed by atoms with Crippen molar-refractivity contribution in [3.8, 4) is 11.1 Å². The number of nitrogens with two attached hydrogens (primary N) is 2. The fraction of sp³-hybridized carbons (Fsp3) is 0.0370. The van der Waals surface area contributed by atoms with E-state index in [4.69, 9.17) is 11.5 Å². The highest BCUT2D eigenvalue weighted by molar-refractivity contribution is 5.87. The van der Waals surface area contributed by atoms with Crippen LogP contribution in [0.3, 0.4) is 0 Å². The Balaban J connectivity index is 1.15. The molecule has 0 heterocycles. The van der Waals surface area contributed by atoms with Gasteiger partial charge in [0, 0.05) is 11.4 Å². The summed E-state index contributed by atoms with van der Waals surface area (Å²) in [4.78, 5) is 0. The van der Waals surface area contributed by atoms with Gasteiger partial charge in [0.1, 0.15) is 0 Å². The van der Waals surface area contributed by atoms with E-state index in [1.165, 1.54) is 21.9 Å². The highest BCUT2D eigenvalue weighted by Crippen LogP contribution is 2.29. The van der Waals surface area contributed by atoms with Gasteiger partial charge in [-0.3, -0.25) is 0 Å². The third kappa shape index (κ3) is 9.13. The van der Waals surface area contributed by atoms with E-state index in [-0.39, 0.29) is 0 Å². The van der Waals surface area contributed by atoms with E-state index < -0.39 is 0 Å². The molecule has 7 rings (SSSR count). The van der Waals surface area contributed by atoms with E-state index in [2.05, 4.69) is 171 Å². The molecule has 0 fully saturated rings. The Morgan fingerprint density at radius 2 is 0.911 bits per heavy atom. The molecule has 0 amide bonds. The van der Waals surface area contributed by atoms with E-state index >= 15 is 0 Å². The van der Waals surface area contributed by atoms with Gasteiger partial charge >= 0.3 is 0 Å². The van der Waals surface area contributed by atoms with Crippen LogP contribution in [0.2, 0.25) is 0 Å². The van der Waals surface area contributed by atoms with Crippen LogP contribution in [0.25, 0.3) is 56.6 Å². The summed E-state index contributed by atoms with van der Waals surface area (Å²) in [5.74, 6) is 0. The van der Waals surface area contributed by atoms with Crippen LogP contribution in [0.4, 0.5) is 0 Å². The van der Waals surface area contributed by atoms with Crippen LogP contribution in [0.15, 0.2) is 207 Å². The van der Waals surface area contributed by atoms with Gasteiger partial charge in [0.2, 0.25) is 0 Å². The lowest BCUT2D eigenvalue weighted by Gasteiger charge is -2.11. The Bertz CT molecular complexity index is 2590. The number of benzene rings is 7. The minimum Gasteiger partial charge on any atom is -0.398 e. The largest absolute Gasteiger partial charge is 0.398 e. The molecule has 0 aromatic heterocycles. The lowest BCUT2D eigenvalue weighted by atomic mass is 9.95. The molecule has 0 aliphatic heterocycles. The lowest BCUT2D eigenvalue weighted by Crippen LogP contribution is -1.98. The smallest absolute Gasteiger partial charge is 0.0393 e. The number of fused-ring (bicyclic) bond motifs is 1. The Kier molecular flexibility index (Phi) is 11.8. The summed E-state index contributed by atoms with van der Waals surface area (Å²) in [5.41, 5.74) is 28.0. The molecule has 2 heteroatoms. The molecule has 2 nitrogen and oxygen atoms in total. The summed E-state index contributed by atoms with van der Waals surface area (Å²) in [6.45, 7) is 8.02. The zero-order chi connectivity index (χ0) is 38.7. The molecule has 0 aliphatic carbocycles. The highest BCUT2D eigenvalue weighted by atomic mass is 14.6. The second-order valence-corrected chi connectivity index (χ2v) is 13.9. The van der Waals surface area contributed by atoms with Crippen LogP contribution in [0.1, 0.15) is 44.5 Å². The second-order valence-electron chi connectivity index (χ2n) is 13.9. The summed E-state index contributed by atoms with van der Waals surface area (Å²) in [5, 5.41) is 2.47. The first kappa shape index (κ1) is 37.2. The maximum absolute atomic E-state index is 6.86. The normalized spacial score (nSPS) is 12.4. The molecule has 0 bridgehead atoms. The zero-order valence-electron chi connectivity index (χ0n) is 31.6. The summed E-state index contributed by atoms with van der Waals surface area (Å²) < 4.78 is 0. The first-order chi connectivity index (χ1) is 27.5. The van der Waals surface area contributed by atoms with E-state index in [9.17, 15) is 0 Å². The van der Waals surface area contributed by atoms with Gasteiger partial charge in [0.25, 0.3) is 0 Å². The first-order valence-electron chi connectivity index (χ1n) is 19.0. The van der Waals surface area contributed by atoms with Crippen molar-refractivity contribution in [2.24, 2.45) is 11.5 Å². The van der Waals surface area contributed by atoms with Gasteiger partial charge in [0.15, 0.2) is 0 Å². The average Bonchev–Trinajstić information content (AvgIpc) is 3.26. The van der Waals surface area contributed by atoms with Crippen molar-refractivity contribution in [2.45, 2.75) is 12.8 Å². The Hall–Kier alpha value is -7.16. The molecule has 272 valence electrons. The van der Waals surface area contributed by atoms with Gasteiger partial charge in [-0.15, -0.1) is 0 Å². The standard InChI is InChI=1S/C54H46N2/c1-3-41-25-34-50(36-42(41)4-2)52(24-21-40-20-22-43-15-11-12-18-49(43)35-40)38-54(56)48-32-30-45(31-33-48)44-26-28-46(29-27-44)51(23-19-39-13-7-5-8-14-39)37-53(55)47-16-9-6-10-17-47/h3-18,20,22-38H,1-2,19,21,55-56H2/b51-23+,52-24+,53-37-,54-38-. The summed E-state index contributed by atoms with van der Waals surface area (Å²) >= 11 is 0. The fourth-order valence-corrected chi connectivity index (χ4v) is 6.92. The predicted octanol–water partition coefficient (Wildman–Crippen LogP) is 13.0. The molecule has 7 aromatic rings. The minimum atomic E-state index is 0.695. The molecule has 4 N–H and O–H groups in total. The number of allylic oxidation sites excluding steroid dienone is 6. The van der Waals surface area contributed by atoms with Crippen LogP contribution in [0, 0.1) is 0 Å². The summed E-state index contributed by atoms with van der Waals surface area (Å²) in [7, 11) is 0. The second kappa shape index (κ2) is 17.8. The van der Waals surface area contributed by atoms with Gasteiger partial charge in [0.05, 0.1) is 0 Å². The van der Waals surface area contributed by atoms with Gasteiger partial charge < -0.3 is 11.5 Å². The van der Waals surface area contributed by atoms with Gasteiger partial charge in [-0.1, -0.05) is 201 Å². The molecule has 7 aromatic carbocycles. The monoisotopic (exact) mass is 722 g/mol. The molecular weight excluding hydrogens is 677 g/mol. The number of rotatable bonds is 13. The highest BCUT2D eigenvalue weighted by Gasteiger charge is 2.08.